The van der Waals surface area contributed by atoms with Crippen molar-refractivity contribution in [2.75, 3.05) is 0 Å². The summed E-state index contributed by atoms with van der Waals surface area (Å²) in [5.74, 6) is -0.132. The van der Waals surface area contributed by atoms with Crippen molar-refractivity contribution in [3.8, 4) is 5.75 Å². The third-order valence-electron chi connectivity index (χ3n) is 3.12. The van der Waals surface area contributed by atoms with Crippen molar-refractivity contribution in [1.29, 1.82) is 0 Å². The molecule has 2 aromatic heterocycles. The van der Waals surface area contributed by atoms with Gasteiger partial charge in [-0.2, -0.15) is 0 Å². The van der Waals surface area contributed by atoms with E-state index in [0.29, 0.717) is 11.5 Å². The van der Waals surface area contributed by atoms with Gasteiger partial charge >= 0.3 is 5.97 Å². The van der Waals surface area contributed by atoms with E-state index >= 15 is 0 Å². The molecule has 0 aliphatic carbocycles. The number of carboxylic acid groups (broad SMARTS) is 1. The number of benzene rings is 1. The zero-order chi connectivity index (χ0) is 14.8. The van der Waals surface area contributed by atoms with Crippen molar-refractivity contribution < 1.29 is 19.1 Å². The van der Waals surface area contributed by atoms with Gasteiger partial charge in [0.15, 0.2) is 6.10 Å². The average Bonchev–Trinajstić information content (AvgIpc) is 2.97. The number of aromatic nitrogens is 1. The number of carboxylic acids is 1. The minimum Gasteiger partial charge on any atom is -0.481 e. The summed E-state index contributed by atoms with van der Waals surface area (Å²) in [6.07, 6.45) is 1.24. The molecule has 1 aromatic carbocycles. The predicted octanol–water partition coefficient (Wildman–Crippen LogP) is 3.67. The molecule has 106 valence electrons. The van der Waals surface area contributed by atoms with Gasteiger partial charge in [0, 0.05) is 5.39 Å². The summed E-state index contributed by atoms with van der Waals surface area (Å²) in [7, 11) is 0. The van der Waals surface area contributed by atoms with Crippen LogP contribution in [-0.4, -0.2) is 16.1 Å². The lowest BCUT2D eigenvalue weighted by Gasteiger charge is -2.12. The number of fused-ring (bicyclic) bond motifs is 1. The Hall–Kier alpha value is -2.82. The number of nitrogens with zero attached hydrogens (tertiary/aromatic N) is 1. The van der Waals surface area contributed by atoms with Gasteiger partial charge in [0.2, 0.25) is 5.76 Å². The highest BCUT2D eigenvalue weighted by molar-refractivity contribution is 5.84. The van der Waals surface area contributed by atoms with E-state index in [4.69, 9.17) is 14.3 Å². The summed E-state index contributed by atoms with van der Waals surface area (Å²) < 4.78 is 11.0. The number of para-hydroxylation sites is 1. The van der Waals surface area contributed by atoms with E-state index in [1.54, 1.807) is 19.2 Å². The largest absolute Gasteiger partial charge is 0.481 e. The van der Waals surface area contributed by atoms with E-state index < -0.39 is 12.1 Å². The molecule has 1 unspecified atom stereocenters. The second kappa shape index (κ2) is 5.28. The van der Waals surface area contributed by atoms with Crippen LogP contribution in [0.1, 0.15) is 29.3 Å². The number of ether oxygens (including phenoxy) is 1. The fraction of sp³-hybridized carbons (Fsp3) is 0.125. The molecule has 5 nitrogen and oxygen atoms in total. The first-order valence-electron chi connectivity index (χ1n) is 6.48. The fourth-order valence-electron chi connectivity index (χ4n) is 2.06. The van der Waals surface area contributed by atoms with Crippen LogP contribution in [0.3, 0.4) is 0 Å². The highest BCUT2D eigenvalue weighted by Gasteiger charge is 2.15. The first-order chi connectivity index (χ1) is 10.1. The summed E-state index contributed by atoms with van der Waals surface area (Å²) in [4.78, 5) is 15.1. The normalized spacial score (nSPS) is 12.2. The molecule has 0 fully saturated rings. The summed E-state index contributed by atoms with van der Waals surface area (Å²) in [5, 5.41) is 9.82. The molecule has 0 spiro atoms. The van der Waals surface area contributed by atoms with Gasteiger partial charge in [-0.05, 0) is 31.2 Å². The van der Waals surface area contributed by atoms with Crippen molar-refractivity contribution >= 4 is 16.9 Å². The monoisotopic (exact) mass is 283 g/mol. The maximum absolute atomic E-state index is 10.8. The zero-order valence-corrected chi connectivity index (χ0v) is 11.3. The van der Waals surface area contributed by atoms with Crippen LogP contribution < -0.4 is 4.74 Å². The van der Waals surface area contributed by atoms with Crippen LogP contribution in [0.5, 0.6) is 5.75 Å². The standard InChI is InChI=1S/C16H13NO4/c1-10(14-6-7-15(21-14)16(18)19)20-12-8-11-4-2-3-5-13(11)17-9-12/h2-10H,1H3,(H,18,19). The Balaban J connectivity index is 1.81. The van der Waals surface area contributed by atoms with Gasteiger partial charge in [0.25, 0.3) is 0 Å². The number of pyridine rings is 1. The molecule has 0 aliphatic rings. The molecule has 5 heteroatoms. The third-order valence-corrected chi connectivity index (χ3v) is 3.12. The van der Waals surface area contributed by atoms with Crippen LogP contribution >= 0.6 is 0 Å². The van der Waals surface area contributed by atoms with Crippen molar-refractivity contribution in [2.45, 2.75) is 13.0 Å². The van der Waals surface area contributed by atoms with Crippen molar-refractivity contribution in [3.63, 3.8) is 0 Å². The summed E-state index contributed by atoms with van der Waals surface area (Å²) in [6, 6.07) is 12.6. The van der Waals surface area contributed by atoms with Crippen LogP contribution in [0.4, 0.5) is 0 Å². The Labute approximate surface area is 120 Å². The quantitative estimate of drug-likeness (QED) is 0.791. The number of hydrogen-bond donors (Lipinski definition) is 1. The Morgan fingerprint density at radius 3 is 2.86 bits per heavy atom. The molecule has 0 saturated heterocycles. The number of carbonyl (C=O) groups is 1. The molecular weight excluding hydrogens is 270 g/mol. The molecule has 3 aromatic rings. The third kappa shape index (κ3) is 2.72. The van der Waals surface area contributed by atoms with Crippen LogP contribution in [0, 0.1) is 0 Å². The molecule has 0 bridgehead atoms. The maximum atomic E-state index is 10.8. The average molecular weight is 283 g/mol. The van der Waals surface area contributed by atoms with Crippen molar-refractivity contribution in [2.24, 2.45) is 0 Å². The molecule has 0 aliphatic heterocycles. The SMILES string of the molecule is CC(Oc1cnc2ccccc2c1)c1ccc(C(=O)O)o1. The second-order valence-electron chi connectivity index (χ2n) is 4.63. The fourth-order valence-corrected chi connectivity index (χ4v) is 2.06. The smallest absolute Gasteiger partial charge is 0.371 e. The summed E-state index contributed by atoms with van der Waals surface area (Å²) in [5.41, 5.74) is 0.892. The summed E-state index contributed by atoms with van der Waals surface area (Å²) >= 11 is 0. The van der Waals surface area contributed by atoms with Gasteiger partial charge in [0.05, 0.1) is 11.7 Å². The summed E-state index contributed by atoms with van der Waals surface area (Å²) in [6.45, 7) is 1.79. The number of furan rings is 1. The molecule has 21 heavy (non-hydrogen) atoms. The maximum Gasteiger partial charge on any atom is 0.371 e. The van der Waals surface area contributed by atoms with Gasteiger partial charge in [-0.1, -0.05) is 18.2 Å². The lowest BCUT2D eigenvalue weighted by Crippen LogP contribution is -2.02. The zero-order valence-electron chi connectivity index (χ0n) is 11.3. The van der Waals surface area contributed by atoms with Crippen molar-refractivity contribution in [1.82, 2.24) is 4.98 Å². The highest BCUT2D eigenvalue weighted by Crippen LogP contribution is 2.25. The molecule has 1 atom stereocenters. The topological polar surface area (TPSA) is 72.6 Å². The van der Waals surface area contributed by atoms with Crippen LogP contribution in [0.15, 0.2) is 53.1 Å². The lowest BCUT2D eigenvalue weighted by atomic mass is 10.2. The van der Waals surface area contributed by atoms with Crippen molar-refractivity contribution in [3.05, 3.63) is 60.2 Å². The van der Waals surface area contributed by atoms with E-state index in [1.165, 1.54) is 6.07 Å². The molecule has 0 saturated carbocycles. The molecule has 0 amide bonds. The minimum absolute atomic E-state index is 0.0999. The number of hydrogen-bond acceptors (Lipinski definition) is 4. The molecule has 1 N–H and O–H groups in total. The van der Waals surface area contributed by atoms with Gasteiger partial charge in [-0.3, -0.25) is 4.98 Å². The molecule has 2 heterocycles. The van der Waals surface area contributed by atoms with Gasteiger partial charge < -0.3 is 14.3 Å². The first kappa shape index (κ1) is 13.2. The van der Waals surface area contributed by atoms with Gasteiger partial charge in [0.1, 0.15) is 11.5 Å². The minimum atomic E-state index is -1.10. The van der Waals surface area contributed by atoms with Gasteiger partial charge in [-0.25, -0.2) is 4.79 Å². The van der Waals surface area contributed by atoms with E-state index in [2.05, 4.69) is 4.98 Å². The second-order valence-corrected chi connectivity index (χ2v) is 4.63. The molecular formula is C16H13NO4. The van der Waals surface area contributed by atoms with Crippen LogP contribution in [-0.2, 0) is 0 Å². The predicted molar refractivity (Wildman–Crippen MR) is 76.5 cm³/mol. The van der Waals surface area contributed by atoms with Crippen LogP contribution in [0.2, 0.25) is 0 Å². The lowest BCUT2D eigenvalue weighted by molar-refractivity contribution is 0.0655. The number of rotatable bonds is 4. The highest BCUT2D eigenvalue weighted by atomic mass is 16.5. The van der Waals surface area contributed by atoms with E-state index in [0.717, 1.165) is 10.9 Å². The van der Waals surface area contributed by atoms with E-state index in [-0.39, 0.29) is 5.76 Å². The Kier molecular flexibility index (Phi) is 3.31. The van der Waals surface area contributed by atoms with Crippen LogP contribution in [0.25, 0.3) is 10.9 Å². The molecule has 0 radical (unpaired) electrons. The van der Waals surface area contributed by atoms with E-state index in [9.17, 15) is 4.79 Å². The first-order valence-corrected chi connectivity index (χ1v) is 6.48. The Morgan fingerprint density at radius 1 is 1.29 bits per heavy atom. The Morgan fingerprint density at radius 2 is 2.10 bits per heavy atom. The number of aromatic carboxylic acids is 1. The van der Waals surface area contributed by atoms with Gasteiger partial charge in [-0.15, -0.1) is 0 Å². The van der Waals surface area contributed by atoms with E-state index in [1.807, 2.05) is 30.3 Å². The molecule has 3 rings (SSSR count). The Bertz CT molecular complexity index is 794.